The zero-order chi connectivity index (χ0) is 23.2. The molecule has 0 saturated heterocycles. The van der Waals surface area contributed by atoms with Gasteiger partial charge in [0.1, 0.15) is 5.75 Å². The third-order valence-electron chi connectivity index (χ3n) is 7.78. The number of ether oxygens (including phenoxy) is 1. The van der Waals surface area contributed by atoms with Crippen molar-refractivity contribution in [2.24, 2.45) is 0 Å². The highest BCUT2D eigenvalue weighted by Gasteiger charge is 2.36. The number of benzene rings is 6. The van der Waals surface area contributed by atoms with Gasteiger partial charge in [0, 0.05) is 15.3 Å². The van der Waals surface area contributed by atoms with E-state index in [0.717, 1.165) is 15.6 Å². The Hall–Kier alpha value is -3.36. The number of halogens is 1. The van der Waals surface area contributed by atoms with Gasteiger partial charge in [-0.3, -0.25) is 0 Å². The number of hydrogen-bond donors (Lipinski definition) is 0. The molecule has 7 rings (SSSR count). The van der Waals surface area contributed by atoms with Crippen molar-refractivity contribution in [1.29, 1.82) is 0 Å². The van der Waals surface area contributed by atoms with Crippen LogP contribution in [-0.2, 0) is 5.41 Å². The zero-order valence-corrected chi connectivity index (χ0v) is 21.0. The molecule has 0 N–H and O–H groups in total. The smallest absolute Gasteiger partial charge is 0.127 e. The minimum atomic E-state index is -0.0558. The second-order valence-corrected chi connectivity index (χ2v) is 10.8. The minimum absolute atomic E-state index is 0.0558. The predicted octanol–water partition coefficient (Wildman–Crippen LogP) is 9.38. The summed E-state index contributed by atoms with van der Waals surface area (Å²) in [6, 6.07) is 31.3. The third kappa shape index (κ3) is 2.50. The van der Waals surface area contributed by atoms with E-state index in [0.29, 0.717) is 0 Å². The molecule has 2 heteroatoms. The second kappa shape index (κ2) is 6.84. The molecule has 0 fully saturated rings. The van der Waals surface area contributed by atoms with E-state index in [-0.39, 0.29) is 5.41 Å². The predicted molar refractivity (Wildman–Crippen MR) is 148 cm³/mol. The lowest BCUT2D eigenvalue weighted by atomic mass is 9.81. The van der Waals surface area contributed by atoms with E-state index in [1.807, 2.05) is 0 Å². The molecular formula is C32H23BrO. The molecule has 0 heterocycles. The Morgan fingerprint density at radius 3 is 1.94 bits per heavy atom. The van der Waals surface area contributed by atoms with Gasteiger partial charge in [0.15, 0.2) is 0 Å². The average molecular weight is 503 g/mol. The number of fused-ring (bicyclic) bond motifs is 11. The molecule has 1 aliphatic carbocycles. The summed E-state index contributed by atoms with van der Waals surface area (Å²) in [7, 11) is 1.77. The van der Waals surface area contributed by atoms with Gasteiger partial charge in [-0.2, -0.15) is 0 Å². The van der Waals surface area contributed by atoms with E-state index >= 15 is 0 Å². The van der Waals surface area contributed by atoms with E-state index in [9.17, 15) is 0 Å². The van der Waals surface area contributed by atoms with Crippen LogP contribution in [0.15, 0.2) is 89.4 Å². The number of hydrogen-bond acceptors (Lipinski definition) is 1. The van der Waals surface area contributed by atoms with Crippen LogP contribution in [0.4, 0.5) is 0 Å². The van der Waals surface area contributed by atoms with Gasteiger partial charge in [-0.1, -0.05) is 84.4 Å². The fraction of sp³-hybridized carbons (Fsp3) is 0.125. The summed E-state index contributed by atoms with van der Waals surface area (Å²) in [4.78, 5) is 0. The fourth-order valence-electron chi connectivity index (χ4n) is 6.17. The molecule has 0 aliphatic heterocycles. The van der Waals surface area contributed by atoms with Gasteiger partial charge >= 0.3 is 0 Å². The lowest BCUT2D eigenvalue weighted by Gasteiger charge is -2.22. The molecule has 1 aliphatic rings. The summed E-state index contributed by atoms with van der Waals surface area (Å²) in [6.45, 7) is 4.70. The van der Waals surface area contributed by atoms with Gasteiger partial charge in [-0.25, -0.2) is 0 Å². The molecule has 0 amide bonds. The fourth-order valence-corrected chi connectivity index (χ4v) is 6.53. The second-order valence-electron chi connectivity index (χ2n) is 9.85. The maximum absolute atomic E-state index is 5.85. The normalized spacial score (nSPS) is 14.1. The maximum atomic E-state index is 5.85. The van der Waals surface area contributed by atoms with Gasteiger partial charge in [0.2, 0.25) is 0 Å². The summed E-state index contributed by atoms with van der Waals surface area (Å²) in [5.41, 5.74) is 5.40. The molecule has 0 saturated carbocycles. The first-order valence-electron chi connectivity index (χ1n) is 11.7. The van der Waals surface area contributed by atoms with Gasteiger partial charge in [0.25, 0.3) is 0 Å². The molecule has 164 valence electrons. The topological polar surface area (TPSA) is 9.23 Å². The molecule has 0 aromatic heterocycles. The van der Waals surface area contributed by atoms with E-state index in [2.05, 4.69) is 115 Å². The van der Waals surface area contributed by atoms with Crippen LogP contribution in [0.25, 0.3) is 54.2 Å². The zero-order valence-electron chi connectivity index (χ0n) is 19.4. The van der Waals surface area contributed by atoms with Crippen LogP contribution < -0.4 is 4.74 Å². The van der Waals surface area contributed by atoms with Crippen molar-refractivity contribution in [3.8, 4) is 16.9 Å². The molecule has 0 bridgehead atoms. The van der Waals surface area contributed by atoms with Gasteiger partial charge < -0.3 is 4.74 Å². The molecule has 0 spiro atoms. The van der Waals surface area contributed by atoms with Crippen LogP contribution in [0.2, 0.25) is 0 Å². The average Bonchev–Trinajstić information content (AvgIpc) is 3.07. The molecule has 0 radical (unpaired) electrons. The molecule has 34 heavy (non-hydrogen) atoms. The molecule has 1 nitrogen and oxygen atoms in total. The van der Waals surface area contributed by atoms with Crippen LogP contribution in [0.5, 0.6) is 5.75 Å². The Morgan fingerprint density at radius 1 is 0.588 bits per heavy atom. The van der Waals surface area contributed by atoms with E-state index in [4.69, 9.17) is 4.74 Å². The molecule has 6 aromatic rings. The monoisotopic (exact) mass is 502 g/mol. The summed E-state index contributed by atoms with van der Waals surface area (Å²) >= 11 is 3.71. The molecule has 0 unspecified atom stereocenters. The molecule has 0 atom stereocenters. The van der Waals surface area contributed by atoms with Crippen molar-refractivity contribution in [2.75, 3.05) is 7.11 Å². The largest absolute Gasteiger partial charge is 0.496 e. The van der Waals surface area contributed by atoms with Crippen molar-refractivity contribution in [2.45, 2.75) is 19.3 Å². The number of methoxy groups -OCH3 is 1. The summed E-state index contributed by atoms with van der Waals surface area (Å²) < 4.78 is 6.97. The Labute approximate surface area is 207 Å². The highest BCUT2D eigenvalue weighted by Crippen LogP contribution is 2.52. The lowest BCUT2D eigenvalue weighted by molar-refractivity contribution is 0.420. The van der Waals surface area contributed by atoms with Crippen molar-refractivity contribution < 1.29 is 4.74 Å². The molecule has 6 aromatic carbocycles. The molecular weight excluding hydrogens is 480 g/mol. The van der Waals surface area contributed by atoms with Crippen molar-refractivity contribution >= 4 is 59.0 Å². The Bertz CT molecular complexity index is 1830. The van der Waals surface area contributed by atoms with Crippen LogP contribution >= 0.6 is 15.9 Å². The van der Waals surface area contributed by atoms with Crippen LogP contribution in [0.3, 0.4) is 0 Å². The van der Waals surface area contributed by atoms with E-state index < -0.39 is 0 Å². The maximum Gasteiger partial charge on any atom is 0.127 e. The first-order valence-corrected chi connectivity index (χ1v) is 12.5. The van der Waals surface area contributed by atoms with E-state index in [1.54, 1.807) is 7.11 Å². The number of rotatable bonds is 1. The standard InChI is InChI=1S/C32H23BrO/c1-32(2)28-13-12-18(33)14-24(28)25-15-23-19-8-4-5-9-20(19)27-17-30(34-3)21-10-6-7-11-22(21)31(27)26(23)16-29(25)32/h4-17H,1-3H3. The quantitative estimate of drug-likeness (QED) is 0.203. The van der Waals surface area contributed by atoms with Crippen molar-refractivity contribution in [1.82, 2.24) is 0 Å². The van der Waals surface area contributed by atoms with Crippen LogP contribution in [0, 0.1) is 0 Å². The third-order valence-corrected chi connectivity index (χ3v) is 8.27. The van der Waals surface area contributed by atoms with Gasteiger partial charge in [0.05, 0.1) is 7.11 Å². The van der Waals surface area contributed by atoms with Crippen LogP contribution in [0.1, 0.15) is 25.0 Å². The highest BCUT2D eigenvalue weighted by atomic mass is 79.9. The Morgan fingerprint density at radius 2 is 1.21 bits per heavy atom. The summed E-state index contributed by atoms with van der Waals surface area (Å²) in [5.74, 6) is 0.923. The summed E-state index contributed by atoms with van der Waals surface area (Å²) in [6.07, 6.45) is 0. The van der Waals surface area contributed by atoms with Crippen LogP contribution in [-0.4, -0.2) is 7.11 Å². The highest BCUT2D eigenvalue weighted by molar-refractivity contribution is 9.10. The van der Waals surface area contributed by atoms with Crippen molar-refractivity contribution in [3.05, 3.63) is 101 Å². The Kier molecular flexibility index (Phi) is 4.03. The Balaban J connectivity index is 1.76. The minimum Gasteiger partial charge on any atom is -0.496 e. The van der Waals surface area contributed by atoms with Gasteiger partial charge in [-0.15, -0.1) is 0 Å². The van der Waals surface area contributed by atoms with Gasteiger partial charge in [-0.05, 0) is 90.3 Å². The lowest BCUT2D eigenvalue weighted by Crippen LogP contribution is -2.14. The van der Waals surface area contributed by atoms with E-state index in [1.165, 1.54) is 60.0 Å². The first kappa shape index (κ1) is 20.1. The van der Waals surface area contributed by atoms with Crippen molar-refractivity contribution in [3.63, 3.8) is 0 Å². The first-order chi connectivity index (χ1) is 16.5. The summed E-state index contributed by atoms with van der Waals surface area (Å²) in [5, 5.41) is 10.1. The SMILES string of the molecule is COc1cc2c3ccccc3c3cc4c(cc3c2c2ccccc12)C(C)(C)c1ccc(Br)cc1-4.